The molecule has 0 fully saturated rings. The van der Waals surface area contributed by atoms with E-state index >= 15 is 0 Å². The number of rotatable bonds is 6. The van der Waals surface area contributed by atoms with E-state index in [1.165, 1.54) is 18.1 Å². The van der Waals surface area contributed by atoms with Gasteiger partial charge >= 0.3 is 5.97 Å². The first kappa shape index (κ1) is 18.1. The van der Waals surface area contributed by atoms with Gasteiger partial charge in [0.25, 0.3) is 5.91 Å². The zero-order valence-electron chi connectivity index (χ0n) is 15.2. The molecule has 1 atom stereocenters. The van der Waals surface area contributed by atoms with E-state index in [1.807, 2.05) is 13.8 Å². The molecule has 1 amide bonds. The molecule has 7 heteroatoms. The fraction of sp³-hybridized carbons (Fsp3) is 0.474. The lowest BCUT2D eigenvalue weighted by Crippen LogP contribution is -2.44. The molecule has 0 spiro atoms. The lowest BCUT2D eigenvalue weighted by Gasteiger charge is -2.27. The van der Waals surface area contributed by atoms with Crippen LogP contribution in [0.2, 0.25) is 0 Å². The Morgan fingerprint density at radius 2 is 1.96 bits per heavy atom. The minimum absolute atomic E-state index is 0.222. The number of nitrogens with zero attached hydrogens (tertiary/aromatic N) is 1. The highest BCUT2D eigenvalue weighted by atomic mass is 16.6. The van der Waals surface area contributed by atoms with E-state index in [0.717, 1.165) is 0 Å². The average molecular weight is 361 g/mol. The van der Waals surface area contributed by atoms with Crippen molar-refractivity contribution in [2.75, 3.05) is 26.9 Å². The maximum atomic E-state index is 12.4. The lowest BCUT2D eigenvalue weighted by molar-refractivity contribution is -0.151. The molecule has 2 heterocycles. The van der Waals surface area contributed by atoms with E-state index in [-0.39, 0.29) is 18.4 Å². The van der Waals surface area contributed by atoms with Gasteiger partial charge in [0, 0.05) is 12.1 Å². The van der Waals surface area contributed by atoms with Crippen LogP contribution >= 0.6 is 0 Å². The Labute approximate surface area is 152 Å². The molecule has 0 aromatic heterocycles. The van der Waals surface area contributed by atoms with Crippen molar-refractivity contribution in [2.45, 2.75) is 26.3 Å². The van der Waals surface area contributed by atoms with Gasteiger partial charge in [-0.1, -0.05) is 13.8 Å². The van der Waals surface area contributed by atoms with Gasteiger partial charge in [-0.15, -0.1) is 0 Å². The summed E-state index contributed by atoms with van der Waals surface area (Å²) in [6, 6.07) is 4.64. The predicted molar refractivity (Wildman–Crippen MR) is 93.1 cm³/mol. The van der Waals surface area contributed by atoms with E-state index in [0.29, 0.717) is 42.6 Å². The minimum Gasteiger partial charge on any atom is -0.486 e. The smallest absolute Gasteiger partial charge is 0.328 e. The topological polar surface area (TPSA) is 74.3 Å². The van der Waals surface area contributed by atoms with Crippen LogP contribution in [0.25, 0.3) is 0 Å². The SMILES string of the molecule is COC(=O)[C@H](CC(C)C)N1CC(Oc2ccc3c(c2)OCCO3)=CC1=O. The highest BCUT2D eigenvalue weighted by molar-refractivity contribution is 5.94. The monoisotopic (exact) mass is 361 g/mol. The summed E-state index contributed by atoms with van der Waals surface area (Å²) in [5, 5.41) is 0. The minimum atomic E-state index is -0.620. The highest BCUT2D eigenvalue weighted by Crippen LogP contribution is 2.34. The summed E-state index contributed by atoms with van der Waals surface area (Å²) in [5.41, 5.74) is 0. The van der Waals surface area contributed by atoms with Crippen molar-refractivity contribution in [3.63, 3.8) is 0 Å². The van der Waals surface area contributed by atoms with E-state index < -0.39 is 12.0 Å². The normalized spacial score (nSPS) is 17.2. The summed E-state index contributed by atoms with van der Waals surface area (Å²) in [5.74, 6) is 1.88. The third-order valence-corrected chi connectivity index (χ3v) is 4.20. The van der Waals surface area contributed by atoms with Gasteiger partial charge in [-0.2, -0.15) is 0 Å². The molecule has 2 aliphatic rings. The molecule has 1 aromatic carbocycles. The van der Waals surface area contributed by atoms with Gasteiger partial charge in [-0.25, -0.2) is 4.79 Å². The van der Waals surface area contributed by atoms with E-state index in [1.54, 1.807) is 18.2 Å². The largest absolute Gasteiger partial charge is 0.486 e. The standard InChI is InChI=1S/C19H23NO6/c1-12(2)8-15(19(22)23-3)20-11-14(10-18(20)21)26-13-4-5-16-17(9-13)25-7-6-24-16/h4-5,9-10,12,15H,6-8,11H2,1-3H3/t15-/m0/s1. The fourth-order valence-corrected chi connectivity index (χ4v) is 3.01. The molecule has 0 unspecified atom stereocenters. The van der Waals surface area contributed by atoms with Crippen LogP contribution in [0.3, 0.4) is 0 Å². The Morgan fingerprint density at radius 1 is 1.23 bits per heavy atom. The van der Waals surface area contributed by atoms with Crippen molar-refractivity contribution in [1.29, 1.82) is 0 Å². The van der Waals surface area contributed by atoms with E-state index in [2.05, 4.69) is 0 Å². The Kier molecular flexibility index (Phi) is 5.35. The van der Waals surface area contributed by atoms with Gasteiger partial charge in [0.05, 0.1) is 13.7 Å². The van der Waals surface area contributed by atoms with Crippen LogP contribution in [-0.4, -0.2) is 49.7 Å². The number of hydrogen-bond donors (Lipinski definition) is 0. The van der Waals surface area contributed by atoms with Gasteiger partial charge in [0.2, 0.25) is 0 Å². The zero-order chi connectivity index (χ0) is 18.7. The summed E-state index contributed by atoms with van der Waals surface area (Å²) >= 11 is 0. The number of benzene rings is 1. The Balaban J connectivity index is 1.70. The molecule has 0 bridgehead atoms. The number of amides is 1. The van der Waals surface area contributed by atoms with Crippen molar-refractivity contribution in [3.8, 4) is 17.2 Å². The Morgan fingerprint density at radius 3 is 2.65 bits per heavy atom. The Bertz CT molecular complexity index is 727. The van der Waals surface area contributed by atoms with Crippen LogP contribution in [0.1, 0.15) is 20.3 Å². The molecule has 0 aliphatic carbocycles. The second-order valence-corrected chi connectivity index (χ2v) is 6.65. The second-order valence-electron chi connectivity index (χ2n) is 6.65. The molecule has 0 saturated carbocycles. The van der Waals surface area contributed by atoms with Crippen molar-refractivity contribution < 1.29 is 28.5 Å². The van der Waals surface area contributed by atoms with Crippen molar-refractivity contribution in [2.24, 2.45) is 5.92 Å². The fourth-order valence-electron chi connectivity index (χ4n) is 3.01. The Hall–Kier alpha value is -2.70. The third kappa shape index (κ3) is 3.92. The maximum absolute atomic E-state index is 12.4. The summed E-state index contributed by atoms with van der Waals surface area (Å²) < 4.78 is 21.7. The van der Waals surface area contributed by atoms with E-state index in [4.69, 9.17) is 18.9 Å². The first-order valence-electron chi connectivity index (χ1n) is 8.64. The van der Waals surface area contributed by atoms with Crippen LogP contribution in [0, 0.1) is 5.92 Å². The first-order valence-corrected chi connectivity index (χ1v) is 8.64. The number of fused-ring (bicyclic) bond motifs is 1. The van der Waals surface area contributed by atoms with Crippen LogP contribution < -0.4 is 14.2 Å². The van der Waals surface area contributed by atoms with Crippen LogP contribution in [-0.2, 0) is 14.3 Å². The van der Waals surface area contributed by atoms with Crippen LogP contribution in [0.4, 0.5) is 0 Å². The second kappa shape index (κ2) is 7.68. The van der Waals surface area contributed by atoms with Crippen molar-refractivity contribution >= 4 is 11.9 Å². The summed E-state index contributed by atoms with van der Waals surface area (Å²) in [6.07, 6.45) is 1.94. The number of ether oxygens (including phenoxy) is 4. The molecule has 26 heavy (non-hydrogen) atoms. The molecule has 3 rings (SSSR count). The molecule has 1 aromatic rings. The quantitative estimate of drug-likeness (QED) is 0.723. The maximum Gasteiger partial charge on any atom is 0.328 e. The molecule has 2 aliphatic heterocycles. The number of carbonyl (C=O) groups excluding carboxylic acids is 2. The molecule has 7 nitrogen and oxygen atoms in total. The average Bonchev–Trinajstić information content (AvgIpc) is 2.98. The summed E-state index contributed by atoms with van der Waals surface area (Å²) in [4.78, 5) is 25.9. The molecule has 0 saturated heterocycles. The predicted octanol–water partition coefficient (Wildman–Crippen LogP) is 2.15. The van der Waals surface area contributed by atoms with Gasteiger partial charge in [0.15, 0.2) is 11.5 Å². The number of esters is 1. The van der Waals surface area contributed by atoms with Gasteiger partial charge < -0.3 is 23.8 Å². The van der Waals surface area contributed by atoms with Crippen LogP contribution in [0.5, 0.6) is 17.2 Å². The van der Waals surface area contributed by atoms with Gasteiger partial charge in [-0.3, -0.25) is 4.79 Å². The number of carbonyl (C=O) groups is 2. The van der Waals surface area contributed by atoms with Crippen molar-refractivity contribution in [3.05, 3.63) is 30.0 Å². The zero-order valence-corrected chi connectivity index (χ0v) is 15.2. The van der Waals surface area contributed by atoms with Gasteiger partial charge in [-0.05, 0) is 24.5 Å². The summed E-state index contributed by atoms with van der Waals surface area (Å²) in [6.45, 7) is 5.22. The molecular formula is C19H23NO6. The highest BCUT2D eigenvalue weighted by Gasteiger charge is 2.35. The van der Waals surface area contributed by atoms with Crippen molar-refractivity contribution in [1.82, 2.24) is 4.90 Å². The molecule has 0 N–H and O–H groups in total. The molecule has 140 valence electrons. The number of methoxy groups -OCH3 is 1. The third-order valence-electron chi connectivity index (χ3n) is 4.20. The number of hydrogen-bond acceptors (Lipinski definition) is 6. The molecule has 0 radical (unpaired) electrons. The van der Waals surface area contributed by atoms with Crippen LogP contribution in [0.15, 0.2) is 30.0 Å². The first-order chi connectivity index (χ1) is 12.5. The van der Waals surface area contributed by atoms with Gasteiger partial charge in [0.1, 0.15) is 30.8 Å². The van der Waals surface area contributed by atoms with E-state index in [9.17, 15) is 9.59 Å². The summed E-state index contributed by atoms with van der Waals surface area (Å²) in [7, 11) is 1.33. The molecular weight excluding hydrogens is 338 g/mol. The lowest BCUT2D eigenvalue weighted by atomic mass is 10.0.